The fourth-order valence-electron chi connectivity index (χ4n) is 1.57. The fourth-order valence-corrected chi connectivity index (χ4v) is 2.15. The minimum Gasteiger partial charge on any atom is -0.299 e. The summed E-state index contributed by atoms with van der Waals surface area (Å²) < 4.78 is 41.8. The molecule has 1 fully saturated rings. The van der Waals surface area contributed by atoms with E-state index in [2.05, 4.69) is 5.32 Å². The van der Waals surface area contributed by atoms with Crippen molar-refractivity contribution in [2.75, 3.05) is 6.54 Å². The minimum absolute atomic E-state index is 0.0579. The van der Waals surface area contributed by atoms with Gasteiger partial charge in [-0.1, -0.05) is 12.1 Å². The van der Waals surface area contributed by atoms with E-state index in [0.717, 1.165) is 5.56 Å². The van der Waals surface area contributed by atoms with Gasteiger partial charge in [0.1, 0.15) is 6.17 Å². The lowest BCUT2D eigenvalue weighted by molar-refractivity contribution is 0.359. The molecule has 1 heterocycles. The van der Waals surface area contributed by atoms with Gasteiger partial charge in [0.05, 0.1) is 17.0 Å². The molecule has 104 valence electrons. The van der Waals surface area contributed by atoms with Gasteiger partial charge < -0.3 is 0 Å². The largest absolute Gasteiger partial charge is 0.299 e. The molecule has 1 aromatic carbocycles. The minimum atomic E-state index is -4.03. The molecule has 19 heavy (non-hydrogen) atoms. The van der Waals surface area contributed by atoms with Crippen molar-refractivity contribution in [2.45, 2.75) is 30.5 Å². The lowest BCUT2D eigenvalue weighted by Gasteiger charge is -1.96. The van der Waals surface area contributed by atoms with Gasteiger partial charge in [-0.3, -0.25) is 9.87 Å². The molecule has 0 bridgehead atoms. The maximum absolute atomic E-state index is 12.1. The highest BCUT2D eigenvalue weighted by molar-refractivity contribution is 7.85. The summed E-state index contributed by atoms with van der Waals surface area (Å²) in [6.07, 6.45) is -0.448. The predicted molar refractivity (Wildman–Crippen MR) is 67.9 cm³/mol. The maximum Gasteiger partial charge on any atom is 0.294 e. The SMILES string of the molecule is Cc1cccc(S(=O)(=O)O)c1.N#C[C@@H]1C[C@H](F)CN1. The molecule has 2 atom stereocenters. The van der Waals surface area contributed by atoms with Crippen LogP contribution in [0.2, 0.25) is 0 Å². The van der Waals surface area contributed by atoms with Crippen LogP contribution in [0.4, 0.5) is 4.39 Å². The van der Waals surface area contributed by atoms with Crippen LogP contribution in [-0.4, -0.2) is 31.7 Å². The average molecular weight is 286 g/mol. The van der Waals surface area contributed by atoms with Crippen molar-refractivity contribution in [1.82, 2.24) is 5.32 Å². The number of benzene rings is 1. The molecule has 1 aliphatic rings. The van der Waals surface area contributed by atoms with E-state index in [1.165, 1.54) is 12.1 Å². The Morgan fingerprint density at radius 1 is 1.53 bits per heavy atom. The first-order chi connectivity index (χ1) is 8.82. The normalized spacial score (nSPS) is 22.2. The average Bonchev–Trinajstić information content (AvgIpc) is 2.75. The van der Waals surface area contributed by atoms with Crippen LogP contribution >= 0.6 is 0 Å². The standard InChI is InChI=1S/C7H8O3S.C5H7FN2/c1-6-3-2-4-7(5-6)11(8,9)10;6-4-1-5(2-7)8-3-4/h2-5H,1H3,(H,8,9,10);4-5,8H,1,3H2/t;4-,5-/m.0/s1. The summed E-state index contributed by atoms with van der Waals surface area (Å²) >= 11 is 0. The van der Waals surface area contributed by atoms with Gasteiger partial charge in [-0.05, 0) is 24.6 Å². The van der Waals surface area contributed by atoms with E-state index in [9.17, 15) is 12.8 Å². The van der Waals surface area contributed by atoms with Crippen LogP contribution in [0.15, 0.2) is 29.2 Å². The molecule has 1 aliphatic heterocycles. The second-order valence-corrected chi connectivity index (χ2v) is 5.64. The molecular formula is C12H15FN2O3S. The topological polar surface area (TPSA) is 90.2 Å². The van der Waals surface area contributed by atoms with Crippen molar-refractivity contribution in [3.8, 4) is 6.07 Å². The van der Waals surface area contributed by atoms with E-state index in [1.54, 1.807) is 19.1 Å². The molecule has 0 aromatic heterocycles. The molecule has 0 unspecified atom stereocenters. The van der Waals surface area contributed by atoms with Crippen LogP contribution in [0.1, 0.15) is 12.0 Å². The number of hydrogen-bond donors (Lipinski definition) is 2. The van der Waals surface area contributed by atoms with Crippen LogP contribution in [0, 0.1) is 18.3 Å². The number of aryl methyl sites for hydroxylation is 1. The molecule has 0 radical (unpaired) electrons. The van der Waals surface area contributed by atoms with Gasteiger partial charge in [0.2, 0.25) is 0 Å². The zero-order valence-electron chi connectivity index (χ0n) is 10.4. The molecule has 2 N–H and O–H groups in total. The third-order valence-electron chi connectivity index (χ3n) is 2.52. The fraction of sp³-hybridized carbons (Fsp3) is 0.417. The quantitative estimate of drug-likeness (QED) is 0.763. The van der Waals surface area contributed by atoms with Crippen LogP contribution in [0.25, 0.3) is 0 Å². The first kappa shape index (κ1) is 15.6. The summed E-state index contributed by atoms with van der Waals surface area (Å²) in [6.45, 7) is 2.10. The first-order valence-electron chi connectivity index (χ1n) is 5.64. The molecule has 0 aliphatic carbocycles. The number of hydrogen-bond acceptors (Lipinski definition) is 4. The Labute approximate surface area is 111 Å². The van der Waals surface area contributed by atoms with Gasteiger partial charge in [-0.25, -0.2) is 4.39 Å². The molecule has 0 spiro atoms. The molecule has 2 rings (SSSR count). The molecule has 7 heteroatoms. The van der Waals surface area contributed by atoms with E-state index < -0.39 is 16.3 Å². The second-order valence-electron chi connectivity index (χ2n) is 4.21. The van der Waals surface area contributed by atoms with E-state index in [4.69, 9.17) is 9.81 Å². The second kappa shape index (κ2) is 6.61. The van der Waals surface area contributed by atoms with Crippen LogP contribution in [-0.2, 0) is 10.1 Å². The van der Waals surface area contributed by atoms with Crippen molar-refractivity contribution >= 4 is 10.1 Å². The maximum atomic E-state index is 12.1. The predicted octanol–water partition coefficient (Wildman–Crippen LogP) is 1.45. The third kappa shape index (κ3) is 5.34. The Kier molecular flexibility index (Phi) is 5.42. The van der Waals surface area contributed by atoms with Crippen molar-refractivity contribution in [1.29, 1.82) is 5.26 Å². The zero-order valence-corrected chi connectivity index (χ0v) is 11.2. The highest BCUT2D eigenvalue weighted by atomic mass is 32.2. The van der Waals surface area contributed by atoms with Crippen molar-refractivity contribution in [3.05, 3.63) is 29.8 Å². The molecule has 1 aromatic rings. The monoisotopic (exact) mass is 286 g/mol. The Morgan fingerprint density at radius 2 is 2.21 bits per heavy atom. The lowest BCUT2D eigenvalue weighted by Crippen LogP contribution is -2.18. The Hall–Kier alpha value is -1.49. The number of nitrogens with one attached hydrogen (secondary N) is 1. The third-order valence-corrected chi connectivity index (χ3v) is 3.37. The van der Waals surface area contributed by atoms with Crippen LogP contribution in [0.3, 0.4) is 0 Å². The number of halogens is 1. The summed E-state index contributed by atoms with van der Waals surface area (Å²) in [6, 6.07) is 7.80. The Balaban J connectivity index is 0.000000200. The number of nitriles is 1. The number of alkyl halides is 1. The Morgan fingerprint density at radius 3 is 2.53 bits per heavy atom. The summed E-state index contributed by atoms with van der Waals surface area (Å²) in [5.41, 5.74) is 0.806. The van der Waals surface area contributed by atoms with Gasteiger partial charge in [0.15, 0.2) is 0 Å². The smallest absolute Gasteiger partial charge is 0.294 e. The summed E-state index contributed by atoms with van der Waals surface area (Å²) in [7, 11) is -4.03. The zero-order chi connectivity index (χ0) is 14.5. The van der Waals surface area contributed by atoms with Gasteiger partial charge in [0.25, 0.3) is 10.1 Å². The van der Waals surface area contributed by atoms with E-state index >= 15 is 0 Å². The first-order valence-corrected chi connectivity index (χ1v) is 7.08. The van der Waals surface area contributed by atoms with Crippen molar-refractivity contribution in [2.24, 2.45) is 0 Å². The Bertz CT molecular complexity index is 569. The van der Waals surface area contributed by atoms with Crippen molar-refractivity contribution < 1.29 is 17.4 Å². The summed E-state index contributed by atoms with van der Waals surface area (Å²) in [4.78, 5) is -0.0579. The highest BCUT2D eigenvalue weighted by Crippen LogP contribution is 2.09. The van der Waals surface area contributed by atoms with E-state index in [1.807, 2.05) is 6.07 Å². The summed E-state index contributed by atoms with van der Waals surface area (Å²) in [5.74, 6) is 0. The lowest BCUT2D eigenvalue weighted by atomic mass is 10.2. The molecule has 5 nitrogen and oxygen atoms in total. The highest BCUT2D eigenvalue weighted by Gasteiger charge is 2.22. The van der Waals surface area contributed by atoms with Gasteiger partial charge in [-0.15, -0.1) is 0 Å². The van der Waals surface area contributed by atoms with Crippen LogP contribution in [0.5, 0.6) is 0 Å². The van der Waals surface area contributed by atoms with E-state index in [-0.39, 0.29) is 10.9 Å². The van der Waals surface area contributed by atoms with Gasteiger partial charge in [0, 0.05) is 13.0 Å². The number of nitrogens with zero attached hydrogens (tertiary/aromatic N) is 1. The van der Waals surface area contributed by atoms with E-state index in [0.29, 0.717) is 13.0 Å². The number of rotatable bonds is 1. The summed E-state index contributed by atoms with van der Waals surface area (Å²) in [5, 5.41) is 10.9. The van der Waals surface area contributed by atoms with Crippen LogP contribution < -0.4 is 5.32 Å². The molecule has 0 amide bonds. The van der Waals surface area contributed by atoms with Gasteiger partial charge >= 0.3 is 0 Å². The molecule has 1 saturated heterocycles. The van der Waals surface area contributed by atoms with Gasteiger partial charge in [-0.2, -0.15) is 13.7 Å². The molecular weight excluding hydrogens is 271 g/mol. The molecule has 0 saturated carbocycles. The van der Waals surface area contributed by atoms with Crippen molar-refractivity contribution in [3.63, 3.8) is 0 Å².